The first-order chi connectivity index (χ1) is 39.2. The van der Waals surface area contributed by atoms with Crippen LogP contribution in [0.3, 0.4) is 0 Å². The maximum Gasteiger partial charge on any atom is 0.328 e. The van der Waals surface area contributed by atoms with Crippen molar-refractivity contribution < 1.29 is 113 Å². The fourth-order valence-electron chi connectivity index (χ4n) is 7.58. The summed E-state index contributed by atoms with van der Waals surface area (Å²) in [5.74, 6) is -17.8. The van der Waals surface area contributed by atoms with Crippen LogP contribution in [0.2, 0.25) is 0 Å². The molecule has 1 aromatic carbocycles. The average molecular weight is 1200 g/mol. The molecular formula is C47H70N12O23S. The topological polar surface area (TPSA) is 571 Å². The van der Waals surface area contributed by atoms with Gasteiger partial charge in [-0.15, -0.1) is 0 Å². The molecule has 1 heterocycles. The largest absolute Gasteiger partial charge is 0.481 e. The smallest absolute Gasteiger partial charge is 0.328 e. The molecule has 0 aliphatic carbocycles. The number of carboxylic acids is 3. The first-order valence-corrected chi connectivity index (χ1v) is 25.9. The summed E-state index contributed by atoms with van der Waals surface area (Å²) in [5.41, 5.74) is 6.09. The Hall–Kier alpha value is -8.13. The van der Waals surface area contributed by atoms with E-state index in [2.05, 4.69) is 55.2 Å². The molecule has 1 fully saturated rings. The van der Waals surface area contributed by atoms with Crippen LogP contribution in [-0.4, -0.2) is 258 Å². The van der Waals surface area contributed by atoms with E-state index < -0.39 is 214 Å². The Morgan fingerprint density at radius 3 is 1.49 bits per heavy atom. The van der Waals surface area contributed by atoms with E-state index in [-0.39, 0.29) is 32.2 Å². The number of aliphatic hydroxyl groups excluding tert-OH is 6. The average Bonchev–Trinajstić information content (AvgIpc) is 4.12. The molecule has 1 aromatic rings. The third kappa shape index (κ3) is 23.3. The first kappa shape index (κ1) is 71.0. The number of carbonyl (C=O) groups is 14. The molecule has 0 aromatic heterocycles. The van der Waals surface area contributed by atoms with Crippen molar-refractivity contribution in [2.45, 2.75) is 118 Å². The molecule has 1 aliphatic heterocycles. The highest BCUT2D eigenvalue weighted by molar-refractivity contribution is 7.80. The molecule has 83 heavy (non-hydrogen) atoms. The van der Waals surface area contributed by atoms with E-state index >= 15 is 0 Å². The number of likely N-dealkylation sites (tertiary alicyclic amines) is 1. The quantitative estimate of drug-likeness (QED) is 0.0277. The van der Waals surface area contributed by atoms with Crippen LogP contribution in [-0.2, 0) is 73.5 Å². The fourth-order valence-corrected chi connectivity index (χ4v) is 7.83. The Bertz CT molecular complexity index is 2480. The zero-order valence-corrected chi connectivity index (χ0v) is 45.3. The number of aliphatic carboxylic acids is 3. The zero-order chi connectivity index (χ0) is 62.7. The van der Waals surface area contributed by atoms with Crippen molar-refractivity contribution in [3.05, 3.63) is 35.9 Å². The summed E-state index contributed by atoms with van der Waals surface area (Å²) in [6.45, 7) is -5.49. The number of thiol groups is 1. The number of hydrogen-bond acceptors (Lipinski definition) is 22. The van der Waals surface area contributed by atoms with Crippen LogP contribution in [0, 0.1) is 0 Å². The molecule has 0 unspecified atom stereocenters. The Morgan fingerprint density at radius 1 is 0.578 bits per heavy atom. The van der Waals surface area contributed by atoms with Crippen molar-refractivity contribution in [1.82, 2.24) is 58.1 Å². The van der Waals surface area contributed by atoms with Crippen molar-refractivity contribution in [2.24, 2.45) is 5.73 Å². The molecule has 35 nitrogen and oxygen atoms in total. The molecule has 462 valence electrons. The molecule has 21 N–H and O–H groups in total. The number of aliphatic hydroxyl groups is 6. The molecule has 2 rings (SSSR count). The first-order valence-electron chi connectivity index (χ1n) is 25.3. The SMILES string of the molecule is C[C@@H](O)[C@H](NC(=O)[C@H](CO)NC(=O)[C@@H](N)CCC(=O)O)C(=O)N1CCC[C@H]1C(=O)N[C@@H](CC(=O)O)C(=O)NCC(=O)N[C@@H](Cc1ccccc1)C(=O)N[C@@H](CO)C(=O)N[C@@H](CS)C(=O)N[C@@H](CO)C(=O)N[C@@H](CO)C(=O)N[C@@H](CO)C(=O)O. The van der Waals surface area contributed by atoms with Crippen molar-refractivity contribution in [3.63, 3.8) is 0 Å². The highest BCUT2D eigenvalue weighted by atomic mass is 32.1. The lowest BCUT2D eigenvalue weighted by Gasteiger charge is -2.31. The summed E-state index contributed by atoms with van der Waals surface area (Å²) >= 11 is 4.01. The standard InChI is InChI=1S/C47H70N12O23S/c1-21(65)36(58-43(77)29(18-63)52-37(71)23(48)9-10-34(67)68)46(80)59-11-5-8-32(59)45(79)51-25(13-35(69)70)38(72)49-14-33(66)50-24(12-22-6-3-2-4-7-22)39(73)53-28(17-62)42(76)57-31(20-83)44(78)55-26(15-60)40(74)54-27(16-61)41(75)56-30(19-64)47(81)82/h2-4,6-7,21,23-32,36,60-65,83H,5,8-20,48H2,1H3,(H,49,72)(H,50,66)(H,51,79)(H,52,71)(H,53,73)(H,54,74)(H,55,78)(H,56,75)(H,57,76)(H,58,77)(H,67,68)(H,69,70)(H,81,82)/t21-,23+,24+,25+,26+,27+,28+,29+,30+,31+,32+,36+/m1/s1. The van der Waals surface area contributed by atoms with Gasteiger partial charge < -0.3 is 110 Å². The number of nitrogens with zero attached hydrogens (tertiary/aromatic N) is 1. The predicted octanol–water partition coefficient (Wildman–Crippen LogP) is -11.3. The summed E-state index contributed by atoms with van der Waals surface area (Å²) in [6, 6.07) is -11.1. The van der Waals surface area contributed by atoms with Gasteiger partial charge in [-0.2, -0.15) is 12.6 Å². The molecular weight excluding hydrogens is 1130 g/mol. The maximum atomic E-state index is 13.8. The molecule has 12 atom stereocenters. The highest BCUT2D eigenvalue weighted by Gasteiger charge is 2.42. The van der Waals surface area contributed by atoms with Crippen LogP contribution < -0.4 is 58.9 Å². The minimum absolute atomic E-state index is 0.0724. The molecule has 0 radical (unpaired) electrons. The number of carboxylic acid groups (broad SMARTS) is 3. The van der Waals surface area contributed by atoms with Gasteiger partial charge >= 0.3 is 17.9 Å². The van der Waals surface area contributed by atoms with Crippen molar-refractivity contribution in [3.8, 4) is 0 Å². The van der Waals surface area contributed by atoms with Gasteiger partial charge in [0.2, 0.25) is 65.0 Å². The Balaban J connectivity index is 2.18. The summed E-state index contributed by atoms with van der Waals surface area (Å²) in [6.07, 6.45) is -3.78. The summed E-state index contributed by atoms with van der Waals surface area (Å²) in [4.78, 5) is 180. The number of rotatable bonds is 36. The second kappa shape index (κ2) is 35.7. The van der Waals surface area contributed by atoms with Gasteiger partial charge in [-0.25, -0.2) is 4.79 Å². The van der Waals surface area contributed by atoms with Gasteiger partial charge in [0.05, 0.1) is 58.1 Å². The lowest BCUT2D eigenvalue weighted by Crippen LogP contribution is -2.61. The number of amides is 11. The minimum atomic E-state index is -1.92. The Morgan fingerprint density at radius 2 is 1.04 bits per heavy atom. The molecule has 1 aliphatic rings. The highest BCUT2D eigenvalue weighted by Crippen LogP contribution is 2.20. The van der Waals surface area contributed by atoms with Crippen molar-refractivity contribution in [2.75, 3.05) is 51.9 Å². The monoisotopic (exact) mass is 1200 g/mol. The normalized spacial score (nSPS) is 16.8. The maximum absolute atomic E-state index is 13.8. The van der Waals surface area contributed by atoms with Crippen LogP contribution in [0.15, 0.2) is 30.3 Å². The number of carbonyl (C=O) groups excluding carboxylic acids is 11. The lowest BCUT2D eigenvalue weighted by atomic mass is 10.0. The fraction of sp³-hybridized carbons (Fsp3) is 0.574. The third-order valence-electron chi connectivity index (χ3n) is 12.1. The molecule has 0 spiro atoms. The number of hydrogen-bond donors (Lipinski definition) is 21. The number of nitrogens with two attached hydrogens (primary N) is 1. The summed E-state index contributed by atoms with van der Waals surface area (Å²) in [7, 11) is 0. The van der Waals surface area contributed by atoms with Gasteiger partial charge in [-0.3, -0.25) is 62.3 Å². The van der Waals surface area contributed by atoms with Crippen LogP contribution in [0.1, 0.15) is 44.6 Å². The van der Waals surface area contributed by atoms with Crippen LogP contribution in [0.4, 0.5) is 0 Å². The zero-order valence-electron chi connectivity index (χ0n) is 44.4. The number of nitrogens with one attached hydrogen (secondary N) is 10. The molecule has 11 amide bonds. The third-order valence-corrected chi connectivity index (χ3v) is 12.5. The van der Waals surface area contributed by atoms with E-state index in [0.717, 1.165) is 11.8 Å². The lowest BCUT2D eigenvalue weighted by molar-refractivity contribution is -0.145. The van der Waals surface area contributed by atoms with Gasteiger partial charge in [0.1, 0.15) is 60.4 Å². The Labute approximate surface area is 477 Å². The van der Waals surface area contributed by atoms with Gasteiger partial charge in [0.25, 0.3) is 0 Å². The molecule has 0 saturated carbocycles. The summed E-state index contributed by atoms with van der Waals surface area (Å²) < 4.78 is 0. The van der Waals surface area contributed by atoms with E-state index in [1.807, 2.05) is 10.6 Å². The van der Waals surface area contributed by atoms with E-state index in [1.54, 1.807) is 30.3 Å². The van der Waals surface area contributed by atoms with E-state index in [4.69, 9.17) is 21.1 Å². The number of benzene rings is 1. The summed E-state index contributed by atoms with van der Waals surface area (Å²) in [5, 5.41) is 108. The van der Waals surface area contributed by atoms with Gasteiger partial charge in [0, 0.05) is 25.1 Å². The second-order valence-electron chi connectivity index (χ2n) is 18.4. The predicted molar refractivity (Wildman–Crippen MR) is 281 cm³/mol. The van der Waals surface area contributed by atoms with E-state index in [0.29, 0.717) is 5.56 Å². The molecule has 1 saturated heterocycles. The van der Waals surface area contributed by atoms with E-state index in [1.165, 1.54) is 0 Å². The Kier molecular flexibility index (Phi) is 30.5. The second-order valence-corrected chi connectivity index (χ2v) is 18.8. The van der Waals surface area contributed by atoms with Crippen molar-refractivity contribution >= 4 is 95.5 Å². The molecule has 36 heteroatoms. The van der Waals surface area contributed by atoms with E-state index in [9.17, 15) is 97.8 Å². The van der Waals surface area contributed by atoms with Crippen molar-refractivity contribution in [1.29, 1.82) is 0 Å². The van der Waals surface area contributed by atoms with Gasteiger partial charge in [-0.05, 0) is 31.7 Å². The van der Waals surface area contributed by atoms with Crippen LogP contribution in [0.5, 0.6) is 0 Å². The molecule has 0 bridgehead atoms. The van der Waals surface area contributed by atoms with Crippen LogP contribution >= 0.6 is 12.6 Å². The minimum Gasteiger partial charge on any atom is -0.481 e. The van der Waals surface area contributed by atoms with Crippen LogP contribution in [0.25, 0.3) is 0 Å². The van der Waals surface area contributed by atoms with Gasteiger partial charge in [-0.1, -0.05) is 30.3 Å². The van der Waals surface area contributed by atoms with Gasteiger partial charge in [0.15, 0.2) is 0 Å².